The molecule has 0 bridgehead atoms. The Morgan fingerprint density at radius 1 is 1.41 bits per heavy atom. The molecule has 2 nitrogen and oxygen atoms in total. The number of hydrogen-bond acceptors (Lipinski definition) is 2. The summed E-state index contributed by atoms with van der Waals surface area (Å²) < 4.78 is 18.5. The molecule has 1 saturated heterocycles. The number of ether oxygens (including phenoxy) is 1. The van der Waals surface area contributed by atoms with E-state index < -0.39 is 0 Å². The smallest absolute Gasteiger partial charge is 0.123 e. The lowest BCUT2D eigenvalue weighted by Gasteiger charge is -2.37. The Labute approximate surface area is 110 Å². The molecule has 0 saturated carbocycles. The number of hydrogen-bond donors (Lipinski definition) is 0. The van der Waals surface area contributed by atoms with Crippen molar-refractivity contribution in [1.82, 2.24) is 4.90 Å². The molecule has 1 aliphatic heterocycles. The largest absolute Gasteiger partial charge is 0.374 e. The van der Waals surface area contributed by atoms with Crippen molar-refractivity contribution in [2.24, 2.45) is 0 Å². The molecule has 0 spiro atoms. The van der Waals surface area contributed by atoms with Crippen LogP contribution in [0.5, 0.6) is 0 Å². The van der Waals surface area contributed by atoms with Crippen molar-refractivity contribution in [3.8, 4) is 0 Å². The van der Waals surface area contributed by atoms with Gasteiger partial charge in [0.05, 0.1) is 12.7 Å². The molecule has 0 aromatic heterocycles. The second-order valence-electron chi connectivity index (χ2n) is 4.51. The summed E-state index contributed by atoms with van der Waals surface area (Å²) in [6.45, 7) is 4.70. The summed E-state index contributed by atoms with van der Waals surface area (Å²) in [6.07, 6.45) is 0.256. The van der Waals surface area contributed by atoms with E-state index in [1.54, 1.807) is 0 Å². The van der Waals surface area contributed by atoms with Gasteiger partial charge in [0.2, 0.25) is 0 Å². The maximum Gasteiger partial charge on any atom is 0.123 e. The lowest BCUT2D eigenvalue weighted by atomic mass is 10.1. The van der Waals surface area contributed by atoms with Crippen LogP contribution < -0.4 is 0 Å². The van der Waals surface area contributed by atoms with E-state index in [1.807, 2.05) is 12.1 Å². The van der Waals surface area contributed by atoms with Gasteiger partial charge in [-0.05, 0) is 24.6 Å². The molecule has 1 aliphatic rings. The summed E-state index contributed by atoms with van der Waals surface area (Å²) in [6, 6.07) is 7.14. The highest BCUT2D eigenvalue weighted by Crippen LogP contribution is 2.16. The Hall–Kier alpha value is -0.450. The van der Waals surface area contributed by atoms with Gasteiger partial charge in [-0.25, -0.2) is 4.39 Å². The molecule has 17 heavy (non-hydrogen) atoms. The van der Waals surface area contributed by atoms with E-state index in [1.165, 1.54) is 12.1 Å². The van der Waals surface area contributed by atoms with E-state index >= 15 is 0 Å². The summed E-state index contributed by atoms with van der Waals surface area (Å²) in [7, 11) is 0. The van der Waals surface area contributed by atoms with Gasteiger partial charge < -0.3 is 4.74 Å². The maximum absolute atomic E-state index is 12.8. The van der Waals surface area contributed by atoms with Gasteiger partial charge >= 0.3 is 0 Å². The monoisotopic (exact) mass is 301 g/mol. The first-order valence-corrected chi connectivity index (χ1v) is 6.97. The highest BCUT2D eigenvalue weighted by molar-refractivity contribution is 9.09. The van der Waals surface area contributed by atoms with Gasteiger partial charge in [0, 0.05) is 24.5 Å². The predicted molar refractivity (Wildman–Crippen MR) is 69.8 cm³/mol. The SMILES string of the molecule is CC1COC(CBr)CN1Cc1ccc(F)cc1. The van der Waals surface area contributed by atoms with Crippen molar-refractivity contribution in [3.05, 3.63) is 35.6 Å². The van der Waals surface area contributed by atoms with Crippen LogP contribution >= 0.6 is 15.9 Å². The van der Waals surface area contributed by atoms with Crippen LogP contribution in [0.3, 0.4) is 0 Å². The lowest BCUT2D eigenvalue weighted by molar-refractivity contribution is -0.0499. The second kappa shape index (κ2) is 5.94. The molecule has 0 aliphatic carbocycles. The van der Waals surface area contributed by atoms with Crippen LogP contribution in [0.25, 0.3) is 0 Å². The van der Waals surface area contributed by atoms with Gasteiger partial charge in [-0.1, -0.05) is 28.1 Å². The minimum absolute atomic E-state index is 0.179. The van der Waals surface area contributed by atoms with Gasteiger partial charge in [0.1, 0.15) is 5.82 Å². The van der Waals surface area contributed by atoms with Crippen molar-refractivity contribution in [1.29, 1.82) is 0 Å². The first kappa shape index (κ1) is 13.0. The number of rotatable bonds is 3. The van der Waals surface area contributed by atoms with Gasteiger partial charge in [-0.3, -0.25) is 4.90 Å². The molecular formula is C13H17BrFNO. The van der Waals surface area contributed by atoms with E-state index in [2.05, 4.69) is 27.8 Å². The molecule has 0 radical (unpaired) electrons. The standard InChI is InChI=1S/C13H17BrFNO/c1-10-9-17-13(6-14)8-16(10)7-11-2-4-12(15)5-3-11/h2-5,10,13H,6-9H2,1H3. The van der Waals surface area contributed by atoms with E-state index in [0.29, 0.717) is 6.04 Å². The number of alkyl halides is 1. The zero-order valence-electron chi connectivity index (χ0n) is 9.90. The molecule has 1 aromatic carbocycles. The molecule has 2 unspecified atom stereocenters. The van der Waals surface area contributed by atoms with E-state index in [0.717, 1.165) is 30.6 Å². The third kappa shape index (κ3) is 3.50. The Morgan fingerprint density at radius 3 is 2.76 bits per heavy atom. The van der Waals surface area contributed by atoms with E-state index in [4.69, 9.17) is 4.74 Å². The minimum atomic E-state index is -0.179. The summed E-state index contributed by atoms with van der Waals surface area (Å²) >= 11 is 3.45. The molecule has 1 fully saturated rings. The zero-order chi connectivity index (χ0) is 12.3. The van der Waals surface area contributed by atoms with Crippen molar-refractivity contribution >= 4 is 15.9 Å². The van der Waals surface area contributed by atoms with E-state index in [-0.39, 0.29) is 11.9 Å². The average Bonchev–Trinajstić information content (AvgIpc) is 2.35. The minimum Gasteiger partial charge on any atom is -0.374 e. The third-order valence-corrected chi connectivity index (χ3v) is 3.83. The predicted octanol–water partition coefficient (Wildman–Crippen LogP) is 2.81. The number of benzene rings is 1. The third-order valence-electron chi connectivity index (χ3n) is 3.11. The van der Waals surface area contributed by atoms with Gasteiger partial charge in [-0.15, -0.1) is 0 Å². The number of morpholine rings is 1. The van der Waals surface area contributed by atoms with Crippen molar-refractivity contribution in [2.75, 3.05) is 18.5 Å². The Kier molecular flexibility index (Phi) is 4.54. The fourth-order valence-corrected chi connectivity index (χ4v) is 2.40. The van der Waals surface area contributed by atoms with Gasteiger partial charge in [0.25, 0.3) is 0 Å². The quantitative estimate of drug-likeness (QED) is 0.796. The van der Waals surface area contributed by atoms with Gasteiger partial charge in [-0.2, -0.15) is 0 Å². The van der Waals surface area contributed by atoms with Crippen LogP contribution in [-0.4, -0.2) is 35.5 Å². The molecular weight excluding hydrogens is 285 g/mol. The van der Waals surface area contributed by atoms with E-state index in [9.17, 15) is 4.39 Å². The highest BCUT2D eigenvalue weighted by atomic mass is 79.9. The van der Waals surface area contributed by atoms with Crippen LogP contribution in [0, 0.1) is 5.82 Å². The molecule has 0 N–H and O–H groups in total. The average molecular weight is 302 g/mol. The first-order chi connectivity index (χ1) is 8.19. The van der Waals surface area contributed by atoms with Crippen molar-refractivity contribution < 1.29 is 9.13 Å². The number of halogens is 2. The summed E-state index contributed by atoms with van der Waals surface area (Å²) in [4.78, 5) is 2.38. The van der Waals surface area contributed by atoms with Crippen LogP contribution in [0.15, 0.2) is 24.3 Å². The van der Waals surface area contributed by atoms with Crippen LogP contribution in [-0.2, 0) is 11.3 Å². The van der Waals surface area contributed by atoms with Crippen LogP contribution in [0.1, 0.15) is 12.5 Å². The summed E-state index contributed by atoms with van der Waals surface area (Å²) in [5.74, 6) is -0.179. The van der Waals surface area contributed by atoms with Gasteiger partial charge in [0.15, 0.2) is 0 Å². The molecule has 0 amide bonds. The Morgan fingerprint density at radius 2 is 2.12 bits per heavy atom. The fraction of sp³-hybridized carbons (Fsp3) is 0.538. The summed E-state index contributed by atoms with van der Waals surface area (Å²) in [5, 5.41) is 0.861. The van der Waals surface area contributed by atoms with Crippen molar-refractivity contribution in [2.45, 2.75) is 25.6 Å². The molecule has 2 atom stereocenters. The molecule has 2 rings (SSSR count). The second-order valence-corrected chi connectivity index (χ2v) is 5.16. The fourth-order valence-electron chi connectivity index (χ4n) is 2.01. The molecule has 1 aromatic rings. The summed E-state index contributed by atoms with van der Waals surface area (Å²) in [5.41, 5.74) is 1.15. The van der Waals surface area contributed by atoms with Crippen molar-refractivity contribution in [3.63, 3.8) is 0 Å². The Bertz CT molecular complexity index is 357. The number of nitrogens with zero attached hydrogens (tertiary/aromatic N) is 1. The molecule has 4 heteroatoms. The topological polar surface area (TPSA) is 12.5 Å². The molecule has 1 heterocycles. The lowest BCUT2D eigenvalue weighted by Crippen LogP contribution is -2.48. The first-order valence-electron chi connectivity index (χ1n) is 5.85. The van der Waals surface area contributed by atoms with Crippen LogP contribution in [0.2, 0.25) is 0 Å². The Balaban J connectivity index is 1.98. The maximum atomic E-state index is 12.8. The molecule has 94 valence electrons. The normalized spacial score (nSPS) is 26.1. The highest BCUT2D eigenvalue weighted by Gasteiger charge is 2.25. The van der Waals surface area contributed by atoms with Crippen LogP contribution in [0.4, 0.5) is 4.39 Å². The zero-order valence-corrected chi connectivity index (χ0v) is 11.5.